The lowest BCUT2D eigenvalue weighted by atomic mass is 10.1. The minimum atomic E-state index is -3.89. The smallest absolute Gasteiger partial charge is 0.262 e. The molecule has 0 aromatic heterocycles. The Morgan fingerprint density at radius 2 is 1.69 bits per heavy atom. The molecule has 0 fully saturated rings. The highest BCUT2D eigenvalue weighted by Crippen LogP contribution is 2.30. The molecule has 1 aliphatic carbocycles. The molecule has 0 aliphatic heterocycles. The predicted octanol–water partition coefficient (Wildman–Crippen LogP) is 4.86. The van der Waals surface area contributed by atoms with Gasteiger partial charge in [0.25, 0.3) is 10.0 Å². The van der Waals surface area contributed by atoms with E-state index in [4.69, 9.17) is 0 Å². The maximum atomic E-state index is 14.3. The first kappa shape index (κ1) is 16.5. The van der Waals surface area contributed by atoms with Crippen LogP contribution in [0.3, 0.4) is 0 Å². The molecule has 0 radical (unpaired) electrons. The fraction of sp³-hybridized carbons (Fsp3) is 0.0476. The van der Waals surface area contributed by atoms with Gasteiger partial charge in [-0.15, -0.1) is 0 Å². The summed E-state index contributed by atoms with van der Waals surface area (Å²) in [7, 11) is -3.89. The van der Waals surface area contributed by atoms with Crippen LogP contribution in [0.5, 0.6) is 0 Å². The number of benzene rings is 3. The highest BCUT2D eigenvalue weighted by Gasteiger charge is 2.22. The number of halogens is 1. The summed E-state index contributed by atoms with van der Waals surface area (Å²) in [5, 5.41) is 0. The first-order valence-corrected chi connectivity index (χ1v) is 9.69. The van der Waals surface area contributed by atoms with Gasteiger partial charge in [-0.25, -0.2) is 12.8 Å². The van der Waals surface area contributed by atoms with E-state index in [2.05, 4.69) is 4.72 Å². The van der Waals surface area contributed by atoms with Crippen LogP contribution in [-0.4, -0.2) is 8.42 Å². The van der Waals surface area contributed by atoms with Crippen LogP contribution in [0, 0.1) is 5.82 Å². The lowest BCUT2D eigenvalue weighted by molar-refractivity contribution is 0.598. The van der Waals surface area contributed by atoms with Crippen molar-refractivity contribution in [2.24, 2.45) is 0 Å². The number of fused-ring (bicyclic) bond motifs is 1. The zero-order chi connectivity index (χ0) is 18.1. The molecule has 5 heteroatoms. The minimum absolute atomic E-state index is 0.0603. The molecule has 0 atom stereocenters. The summed E-state index contributed by atoms with van der Waals surface area (Å²) in [6, 6.07) is 19.0. The highest BCUT2D eigenvalue weighted by atomic mass is 32.2. The van der Waals surface area contributed by atoms with Crippen molar-refractivity contribution < 1.29 is 12.8 Å². The molecule has 130 valence electrons. The van der Waals surface area contributed by atoms with E-state index in [1.165, 1.54) is 12.1 Å². The molecule has 0 saturated carbocycles. The Bertz CT molecular complexity index is 1110. The van der Waals surface area contributed by atoms with Crippen LogP contribution in [0.1, 0.15) is 11.1 Å². The molecule has 3 aromatic rings. The number of nitrogens with one attached hydrogen (secondary N) is 1. The van der Waals surface area contributed by atoms with Crippen molar-refractivity contribution in [3.05, 3.63) is 89.8 Å². The first-order valence-electron chi connectivity index (χ1n) is 8.21. The maximum Gasteiger partial charge on any atom is 0.262 e. The van der Waals surface area contributed by atoms with Gasteiger partial charge in [0.15, 0.2) is 0 Å². The van der Waals surface area contributed by atoms with Crippen molar-refractivity contribution in [2.75, 3.05) is 4.72 Å². The molecule has 0 bridgehead atoms. The average molecular weight is 365 g/mol. The van der Waals surface area contributed by atoms with E-state index in [0.29, 0.717) is 6.42 Å². The van der Waals surface area contributed by atoms with E-state index in [-0.39, 0.29) is 10.6 Å². The monoisotopic (exact) mass is 365 g/mol. The molecule has 0 heterocycles. The third kappa shape index (κ3) is 3.02. The Balaban J connectivity index is 1.72. The number of anilines is 1. The molecule has 1 aliphatic rings. The highest BCUT2D eigenvalue weighted by molar-refractivity contribution is 7.92. The van der Waals surface area contributed by atoms with Crippen LogP contribution in [0.2, 0.25) is 0 Å². The molecule has 3 nitrogen and oxygen atoms in total. The second-order valence-corrected chi connectivity index (χ2v) is 7.75. The van der Waals surface area contributed by atoms with Crippen molar-refractivity contribution in [2.45, 2.75) is 11.3 Å². The van der Waals surface area contributed by atoms with Crippen molar-refractivity contribution in [3.8, 4) is 11.1 Å². The quantitative estimate of drug-likeness (QED) is 0.717. The van der Waals surface area contributed by atoms with Gasteiger partial charge in [0, 0.05) is 0 Å². The van der Waals surface area contributed by atoms with Crippen molar-refractivity contribution in [1.29, 1.82) is 0 Å². The molecule has 0 spiro atoms. The van der Waals surface area contributed by atoms with Crippen LogP contribution in [-0.2, 0) is 16.4 Å². The van der Waals surface area contributed by atoms with E-state index in [9.17, 15) is 12.8 Å². The number of sulfonamides is 1. The van der Waals surface area contributed by atoms with Gasteiger partial charge in [0.1, 0.15) is 5.82 Å². The van der Waals surface area contributed by atoms with Gasteiger partial charge in [-0.05, 0) is 46.9 Å². The van der Waals surface area contributed by atoms with Crippen molar-refractivity contribution in [1.82, 2.24) is 0 Å². The Morgan fingerprint density at radius 3 is 2.50 bits per heavy atom. The zero-order valence-electron chi connectivity index (χ0n) is 13.8. The summed E-state index contributed by atoms with van der Waals surface area (Å²) < 4.78 is 42.4. The largest absolute Gasteiger partial charge is 0.277 e. The van der Waals surface area contributed by atoms with Gasteiger partial charge < -0.3 is 0 Å². The normalized spacial score (nSPS) is 12.8. The maximum absolute atomic E-state index is 14.3. The molecule has 1 N–H and O–H groups in total. The van der Waals surface area contributed by atoms with E-state index in [0.717, 1.165) is 22.3 Å². The van der Waals surface area contributed by atoms with E-state index >= 15 is 0 Å². The standard InChI is InChI=1S/C21H16FNO2S/c22-19-13-12-17(15-6-2-1-3-7-15)14-20(19)23-26(24,25)21-11-5-9-16-8-4-10-18(16)21/h1-9,11-14,23H,10H2. The summed E-state index contributed by atoms with van der Waals surface area (Å²) in [4.78, 5) is 0.185. The number of hydrogen-bond donors (Lipinski definition) is 1. The zero-order valence-corrected chi connectivity index (χ0v) is 14.6. The lowest BCUT2D eigenvalue weighted by Gasteiger charge is -2.13. The molecule has 3 aromatic carbocycles. The third-order valence-corrected chi connectivity index (χ3v) is 5.85. The lowest BCUT2D eigenvalue weighted by Crippen LogP contribution is -2.16. The van der Waals surface area contributed by atoms with Gasteiger partial charge in [-0.3, -0.25) is 4.72 Å². The Kier molecular flexibility index (Phi) is 4.09. The third-order valence-electron chi connectivity index (χ3n) is 4.40. The summed E-state index contributed by atoms with van der Waals surface area (Å²) in [5.41, 5.74) is 3.18. The number of allylic oxidation sites excluding steroid dienone is 1. The second-order valence-electron chi connectivity index (χ2n) is 6.10. The number of rotatable bonds is 4. The van der Waals surface area contributed by atoms with Crippen LogP contribution in [0.4, 0.5) is 10.1 Å². The van der Waals surface area contributed by atoms with Crippen LogP contribution >= 0.6 is 0 Å². The van der Waals surface area contributed by atoms with E-state index in [1.807, 2.05) is 48.6 Å². The topological polar surface area (TPSA) is 46.2 Å². The van der Waals surface area contributed by atoms with Gasteiger partial charge in [0.05, 0.1) is 10.6 Å². The molecule has 26 heavy (non-hydrogen) atoms. The van der Waals surface area contributed by atoms with Gasteiger partial charge in [0.2, 0.25) is 0 Å². The Labute approximate surface area is 151 Å². The van der Waals surface area contributed by atoms with Gasteiger partial charge in [-0.1, -0.05) is 60.7 Å². The molecular formula is C21H16FNO2S. The van der Waals surface area contributed by atoms with E-state index < -0.39 is 15.8 Å². The Morgan fingerprint density at radius 1 is 0.885 bits per heavy atom. The second kappa shape index (κ2) is 6.42. The van der Waals surface area contributed by atoms with Crippen molar-refractivity contribution in [3.63, 3.8) is 0 Å². The SMILES string of the molecule is O=S(=O)(Nc1cc(-c2ccccc2)ccc1F)c1cccc2c1CC=C2. The number of hydrogen-bond acceptors (Lipinski definition) is 2. The van der Waals surface area contributed by atoms with E-state index in [1.54, 1.807) is 18.2 Å². The molecule has 4 rings (SSSR count). The molecule has 0 saturated heterocycles. The van der Waals surface area contributed by atoms with Crippen LogP contribution in [0.25, 0.3) is 17.2 Å². The van der Waals surface area contributed by atoms with Crippen molar-refractivity contribution >= 4 is 21.8 Å². The fourth-order valence-electron chi connectivity index (χ4n) is 3.13. The molecule has 0 amide bonds. The van der Waals surface area contributed by atoms with Gasteiger partial charge >= 0.3 is 0 Å². The minimum Gasteiger partial charge on any atom is -0.277 e. The summed E-state index contributed by atoms with van der Waals surface area (Å²) >= 11 is 0. The summed E-state index contributed by atoms with van der Waals surface area (Å²) in [5.74, 6) is -0.612. The van der Waals surface area contributed by atoms with Gasteiger partial charge in [-0.2, -0.15) is 0 Å². The fourth-order valence-corrected chi connectivity index (χ4v) is 4.47. The average Bonchev–Trinajstić information content (AvgIpc) is 3.12. The predicted molar refractivity (Wildman–Crippen MR) is 102 cm³/mol. The summed E-state index contributed by atoms with van der Waals surface area (Å²) in [6.07, 6.45) is 4.37. The summed E-state index contributed by atoms with van der Waals surface area (Å²) in [6.45, 7) is 0. The van der Waals surface area contributed by atoms with Crippen LogP contribution < -0.4 is 4.72 Å². The molecular weight excluding hydrogens is 349 g/mol. The van der Waals surface area contributed by atoms with Crippen LogP contribution in [0.15, 0.2) is 77.7 Å². The Hall–Kier alpha value is -2.92. The first-order chi connectivity index (χ1) is 12.5. The molecule has 0 unspecified atom stereocenters.